The molecule has 0 spiro atoms. The van der Waals surface area contributed by atoms with Crippen molar-refractivity contribution in [2.45, 2.75) is 71.6 Å². The summed E-state index contributed by atoms with van der Waals surface area (Å²) in [5.74, 6) is 4.23. The number of nitrogens with one attached hydrogen (secondary N) is 2. The van der Waals surface area contributed by atoms with E-state index in [2.05, 4.69) is 10.6 Å². The van der Waals surface area contributed by atoms with Gasteiger partial charge < -0.3 is 24.9 Å². The van der Waals surface area contributed by atoms with Gasteiger partial charge in [0.2, 0.25) is 11.8 Å². The van der Waals surface area contributed by atoms with Gasteiger partial charge in [-0.2, -0.15) is 0 Å². The first kappa shape index (κ1) is 32.9. The SMILES string of the molecule is COC1=CCC(C/C=C(C)/C=C\C=C/C(=O)NC(C(=O)N/C=C\CC(C/C=C(\C)Cl)ON)C(C)C)OC1=O. The Kier molecular flexibility index (Phi) is 15.7. The average molecular weight is 550 g/mol. The number of allylic oxidation sites excluding steroid dienone is 5. The summed E-state index contributed by atoms with van der Waals surface area (Å²) < 4.78 is 10.3. The molecule has 0 bridgehead atoms. The van der Waals surface area contributed by atoms with Crippen LogP contribution in [-0.2, 0) is 28.7 Å². The second-order valence-corrected chi connectivity index (χ2v) is 9.70. The Bertz CT molecular complexity index is 977. The van der Waals surface area contributed by atoms with Crippen LogP contribution in [0.2, 0.25) is 0 Å². The minimum atomic E-state index is -0.711. The Balaban J connectivity index is 2.52. The third-order valence-electron chi connectivity index (χ3n) is 5.53. The van der Waals surface area contributed by atoms with Crippen molar-refractivity contribution in [2.24, 2.45) is 11.8 Å². The fourth-order valence-corrected chi connectivity index (χ4v) is 3.40. The number of methoxy groups -OCH3 is 1. The first-order valence-corrected chi connectivity index (χ1v) is 12.8. The van der Waals surface area contributed by atoms with Gasteiger partial charge in [0.05, 0.1) is 13.2 Å². The van der Waals surface area contributed by atoms with Gasteiger partial charge in [0.25, 0.3) is 0 Å². The number of esters is 1. The van der Waals surface area contributed by atoms with E-state index in [1.165, 1.54) is 19.4 Å². The van der Waals surface area contributed by atoms with Crippen LogP contribution >= 0.6 is 11.6 Å². The highest BCUT2D eigenvalue weighted by Crippen LogP contribution is 2.18. The van der Waals surface area contributed by atoms with Gasteiger partial charge >= 0.3 is 5.97 Å². The Morgan fingerprint density at radius 1 is 1.21 bits per heavy atom. The zero-order valence-corrected chi connectivity index (χ0v) is 23.5. The summed E-state index contributed by atoms with van der Waals surface area (Å²) >= 11 is 5.82. The number of rotatable bonds is 15. The van der Waals surface area contributed by atoms with Crippen LogP contribution in [0.4, 0.5) is 0 Å². The highest BCUT2D eigenvalue weighted by molar-refractivity contribution is 6.29. The quantitative estimate of drug-likeness (QED) is 0.121. The lowest BCUT2D eigenvalue weighted by atomic mass is 10.0. The Morgan fingerprint density at radius 2 is 1.92 bits per heavy atom. The first-order chi connectivity index (χ1) is 18.1. The fraction of sp³-hybridized carbons (Fsp3) is 0.464. The number of amides is 2. The molecule has 10 heteroatoms. The molecule has 38 heavy (non-hydrogen) atoms. The summed E-state index contributed by atoms with van der Waals surface area (Å²) in [5, 5.41) is 6.07. The molecule has 0 aliphatic carbocycles. The molecule has 0 aromatic heterocycles. The van der Waals surface area contributed by atoms with Gasteiger partial charge in [-0.15, -0.1) is 0 Å². The molecular weight excluding hydrogens is 510 g/mol. The van der Waals surface area contributed by atoms with E-state index in [0.717, 1.165) is 5.57 Å². The lowest BCUT2D eigenvalue weighted by Gasteiger charge is -2.20. The number of nitrogens with two attached hydrogens (primary N) is 1. The summed E-state index contributed by atoms with van der Waals surface area (Å²) in [7, 11) is 1.44. The summed E-state index contributed by atoms with van der Waals surface area (Å²) in [6.07, 6.45) is 17.0. The third-order valence-corrected chi connectivity index (χ3v) is 5.68. The van der Waals surface area contributed by atoms with Crippen molar-refractivity contribution in [3.8, 4) is 0 Å². The molecule has 0 saturated heterocycles. The average Bonchev–Trinajstić information content (AvgIpc) is 2.87. The van der Waals surface area contributed by atoms with E-state index < -0.39 is 12.0 Å². The molecule has 1 aliphatic rings. The Morgan fingerprint density at radius 3 is 2.53 bits per heavy atom. The van der Waals surface area contributed by atoms with Crippen LogP contribution in [0.15, 0.2) is 71.2 Å². The van der Waals surface area contributed by atoms with E-state index in [-0.39, 0.29) is 35.7 Å². The molecule has 2 amide bonds. The van der Waals surface area contributed by atoms with Crippen molar-refractivity contribution in [3.63, 3.8) is 0 Å². The monoisotopic (exact) mass is 549 g/mol. The van der Waals surface area contributed by atoms with Crippen LogP contribution in [0.5, 0.6) is 0 Å². The molecule has 1 rings (SSSR count). The number of halogens is 1. The summed E-state index contributed by atoms with van der Waals surface area (Å²) in [4.78, 5) is 41.5. The van der Waals surface area contributed by atoms with Gasteiger partial charge in [-0.3, -0.25) is 9.59 Å². The molecule has 0 fully saturated rings. The van der Waals surface area contributed by atoms with Crippen molar-refractivity contribution in [2.75, 3.05) is 7.11 Å². The maximum absolute atomic E-state index is 12.6. The molecule has 3 unspecified atom stereocenters. The van der Waals surface area contributed by atoms with Crippen LogP contribution < -0.4 is 16.5 Å². The van der Waals surface area contributed by atoms with Crippen LogP contribution in [0.1, 0.15) is 53.4 Å². The largest absolute Gasteiger partial charge is 0.490 e. The smallest absolute Gasteiger partial charge is 0.373 e. The van der Waals surface area contributed by atoms with Crippen molar-refractivity contribution in [3.05, 3.63) is 71.2 Å². The zero-order chi connectivity index (χ0) is 28.5. The molecular formula is C28H40ClN3O6. The van der Waals surface area contributed by atoms with Gasteiger partial charge in [-0.05, 0) is 44.9 Å². The molecule has 1 aliphatic heterocycles. The van der Waals surface area contributed by atoms with Gasteiger partial charge in [0.1, 0.15) is 12.1 Å². The van der Waals surface area contributed by atoms with Gasteiger partial charge in [0, 0.05) is 23.9 Å². The lowest BCUT2D eigenvalue weighted by molar-refractivity contribution is -0.149. The van der Waals surface area contributed by atoms with E-state index in [9.17, 15) is 14.4 Å². The maximum atomic E-state index is 12.6. The molecule has 9 nitrogen and oxygen atoms in total. The van der Waals surface area contributed by atoms with Crippen molar-refractivity contribution in [1.82, 2.24) is 10.6 Å². The van der Waals surface area contributed by atoms with Gasteiger partial charge in [0.15, 0.2) is 5.76 Å². The van der Waals surface area contributed by atoms with E-state index in [4.69, 9.17) is 31.8 Å². The topological polar surface area (TPSA) is 129 Å². The highest BCUT2D eigenvalue weighted by Gasteiger charge is 2.23. The van der Waals surface area contributed by atoms with E-state index >= 15 is 0 Å². The molecule has 210 valence electrons. The fourth-order valence-electron chi connectivity index (χ4n) is 3.31. The molecule has 0 aromatic carbocycles. The highest BCUT2D eigenvalue weighted by atomic mass is 35.5. The molecule has 0 radical (unpaired) electrons. The number of hydrogen-bond donors (Lipinski definition) is 3. The van der Waals surface area contributed by atoms with E-state index in [1.54, 1.807) is 31.2 Å². The van der Waals surface area contributed by atoms with Gasteiger partial charge in [-0.1, -0.05) is 67.5 Å². The van der Waals surface area contributed by atoms with Crippen molar-refractivity contribution in [1.29, 1.82) is 0 Å². The van der Waals surface area contributed by atoms with Crippen LogP contribution in [-0.4, -0.2) is 43.1 Å². The summed E-state index contributed by atoms with van der Waals surface area (Å²) in [5.41, 5.74) is 0.954. The summed E-state index contributed by atoms with van der Waals surface area (Å²) in [6.45, 7) is 7.38. The molecule has 0 aromatic rings. The van der Waals surface area contributed by atoms with Crippen molar-refractivity contribution >= 4 is 29.4 Å². The zero-order valence-electron chi connectivity index (χ0n) is 22.7. The van der Waals surface area contributed by atoms with Crippen LogP contribution in [0, 0.1) is 5.92 Å². The molecule has 1 heterocycles. The predicted octanol–water partition coefficient (Wildman–Crippen LogP) is 4.23. The number of carbonyl (C=O) groups excluding carboxylic acids is 3. The van der Waals surface area contributed by atoms with E-state index in [0.29, 0.717) is 30.7 Å². The number of ether oxygens (including phenoxy) is 2. The van der Waals surface area contributed by atoms with Gasteiger partial charge in [-0.25, -0.2) is 10.7 Å². The third kappa shape index (κ3) is 13.4. The number of hydrogen-bond acceptors (Lipinski definition) is 7. The van der Waals surface area contributed by atoms with Crippen molar-refractivity contribution < 1.29 is 28.7 Å². The normalized spacial score (nSPS) is 18.6. The molecule has 3 atom stereocenters. The summed E-state index contributed by atoms with van der Waals surface area (Å²) in [6, 6.07) is -0.711. The second-order valence-electron chi connectivity index (χ2n) is 9.10. The standard InChI is InChI=1S/C28H40ClN3O6/c1-19(2)26(27(34)31-18-8-10-23(38-30)15-13-21(4)29)32-25(33)11-7-6-9-20(3)12-14-22-16-17-24(36-5)28(35)37-22/h6-9,11-13,17-19,22-23,26H,10,14-16,30H2,1-5H3,(H,31,34)(H,32,33)/b9-6-,11-7-,18-8-,20-12+,21-13+. The minimum Gasteiger partial charge on any atom is -0.490 e. The predicted molar refractivity (Wildman–Crippen MR) is 148 cm³/mol. The number of carbonyl (C=O) groups is 3. The second kappa shape index (κ2) is 18.2. The maximum Gasteiger partial charge on any atom is 0.373 e. The Hall–Kier alpha value is -3.14. The minimum absolute atomic E-state index is 0.123. The number of cyclic esters (lactones) is 1. The first-order valence-electron chi connectivity index (χ1n) is 12.5. The molecule has 4 N–H and O–H groups in total. The van der Waals surface area contributed by atoms with Crippen LogP contribution in [0.25, 0.3) is 0 Å². The van der Waals surface area contributed by atoms with E-state index in [1.807, 2.05) is 39.0 Å². The van der Waals surface area contributed by atoms with Crippen LogP contribution in [0.3, 0.4) is 0 Å². The Labute approximate surface area is 230 Å². The lowest BCUT2D eigenvalue weighted by Crippen LogP contribution is -2.48. The molecule has 0 saturated carbocycles.